The van der Waals surface area contributed by atoms with Gasteiger partial charge in [0.2, 0.25) is 0 Å². The van der Waals surface area contributed by atoms with Crippen molar-refractivity contribution in [1.82, 2.24) is 0 Å². The van der Waals surface area contributed by atoms with Crippen LogP contribution in [0.5, 0.6) is 0 Å². The van der Waals surface area contributed by atoms with Crippen molar-refractivity contribution in [3.8, 4) is 0 Å². The van der Waals surface area contributed by atoms with Gasteiger partial charge in [-0.3, -0.25) is 28.8 Å². The number of carbonyl (C=O) groups is 6. The van der Waals surface area contributed by atoms with Crippen LogP contribution in [0.2, 0.25) is 0 Å². The molecule has 1 saturated heterocycles. The summed E-state index contributed by atoms with van der Waals surface area (Å²) in [5, 5.41) is 0. The highest BCUT2D eigenvalue weighted by Gasteiger charge is 2.24. The lowest BCUT2D eigenvalue weighted by Crippen LogP contribution is -2.24. The van der Waals surface area contributed by atoms with E-state index in [1.165, 1.54) is 26.9 Å². The van der Waals surface area contributed by atoms with Crippen LogP contribution in [0, 0.1) is 10.8 Å². The Morgan fingerprint density at radius 3 is 1.37 bits per heavy atom. The van der Waals surface area contributed by atoms with Crippen LogP contribution < -0.4 is 0 Å². The van der Waals surface area contributed by atoms with Crippen molar-refractivity contribution < 1.29 is 47.7 Å². The maximum atomic E-state index is 11.4. The van der Waals surface area contributed by atoms with Gasteiger partial charge in [-0.2, -0.15) is 0 Å². The molecule has 0 aromatic carbocycles. The molecule has 0 aromatic rings. The van der Waals surface area contributed by atoms with Gasteiger partial charge in [0.1, 0.15) is 24.4 Å². The number of esters is 3. The Kier molecular flexibility index (Phi) is 26.3. The largest absolute Gasteiger partial charge is 0.469 e. The first-order chi connectivity index (χ1) is 16.9. The number of ketones is 3. The maximum absolute atomic E-state index is 11.4. The standard InChI is InChI=1S/C11H18O4.C6H10O3.C6H12O2.C4H8O.CH4/c1-5-15-10(14)7-8(12)6-9(13)11(2,3)4;1-3-9-6(8)4-5(2)7;1-6(2,3)5(7)8-4;1-2-4-5-3-1;/h5-7H2,1-4H3;3-4H2,1-2H3;1-4H3;1-4H2;1H4. The zero-order valence-corrected chi connectivity index (χ0v) is 24.4. The van der Waals surface area contributed by atoms with Crippen LogP contribution in [0.25, 0.3) is 0 Å². The molecule has 38 heavy (non-hydrogen) atoms. The zero-order valence-electron chi connectivity index (χ0n) is 24.4. The summed E-state index contributed by atoms with van der Waals surface area (Å²) in [5.41, 5.74) is -0.890. The topological polar surface area (TPSA) is 139 Å². The lowest BCUT2D eigenvalue weighted by atomic mass is 9.87. The molecular formula is C28H52O10. The minimum atomic E-state index is -0.566. The smallest absolute Gasteiger partial charge is 0.313 e. The summed E-state index contributed by atoms with van der Waals surface area (Å²) in [6, 6.07) is 0. The maximum Gasteiger partial charge on any atom is 0.313 e. The van der Waals surface area contributed by atoms with Gasteiger partial charge in [-0.05, 0) is 54.4 Å². The number of carbonyl (C=O) groups excluding carboxylic acids is 6. The van der Waals surface area contributed by atoms with Crippen LogP contribution in [-0.2, 0) is 47.7 Å². The van der Waals surface area contributed by atoms with Gasteiger partial charge in [0, 0.05) is 18.6 Å². The van der Waals surface area contributed by atoms with Crippen LogP contribution in [0.15, 0.2) is 0 Å². The van der Waals surface area contributed by atoms with Crippen LogP contribution >= 0.6 is 0 Å². The Bertz CT molecular complexity index is 701. The molecule has 0 spiro atoms. The van der Waals surface area contributed by atoms with Crippen molar-refractivity contribution in [2.24, 2.45) is 10.8 Å². The normalized spacial score (nSPS) is 11.8. The van der Waals surface area contributed by atoms with Crippen molar-refractivity contribution in [1.29, 1.82) is 0 Å². The van der Waals surface area contributed by atoms with Crippen molar-refractivity contribution in [3.05, 3.63) is 0 Å². The first kappa shape index (κ1) is 42.5. The Balaban J connectivity index is -0.000000216. The number of rotatable bonds is 8. The molecule has 224 valence electrons. The second-order valence-electron chi connectivity index (χ2n) is 10.1. The SMILES string of the molecule is C.C1CCOC1.CCOC(=O)CC(=O)CC(=O)C(C)(C)C.CCOC(=O)CC(C)=O.COC(=O)C(C)(C)C. The highest BCUT2D eigenvalue weighted by Crippen LogP contribution is 2.17. The van der Waals surface area contributed by atoms with Gasteiger partial charge in [-0.1, -0.05) is 28.2 Å². The van der Waals surface area contributed by atoms with Crippen LogP contribution in [-0.4, -0.2) is 68.8 Å². The predicted molar refractivity (Wildman–Crippen MR) is 146 cm³/mol. The number of Topliss-reactive ketones (excluding diaryl/α,β-unsaturated/α-hetero) is 3. The van der Waals surface area contributed by atoms with Crippen molar-refractivity contribution >= 4 is 35.3 Å². The van der Waals surface area contributed by atoms with Crippen molar-refractivity contribution in [2.45, 2.75) is 102 Å². The summed E-state index contributed by atoms with van der Waals surface area (Å²) in [6.07, 6.45) is 1.95. The van der Waals surface area contributed by atoms with Gasteiger partial charge in [0.15, 0.2) is 5.78 Å². The lowest BCUT2D eigenvalue weighted by molar-refractivity contribution is -0.150. The quantitative estimate of drug-likeness (QED) is 0.238. The average molecular weight is 549 g/mol. The minimum absolute atomic E-state index is 0. The van der Waals surface area contributed by atoms with Crippen molar-refractivity contribution in [3.63, 3.8) is 0 Å². The van der Waals surface area contributed by atoms with E-state index in [1.807, 2.05) is 20.8 Å². The molecule has 0 saturated carbocycles. The third kappa shape index (κ3) is 29.6. The van der Waals surface area contributed by atoms with Gasteiger partial charge < -0.3 is 18.9 Å². The third-order valence-electron chi connectivity index (χ3n) is 4.16. The average Bonchev–Trinajstić information content (AvgIpc) is 3.32. The van der Waals surface area contributed by atoms with Crippen LogP contribution in [0.3, 0.4) is 0 Å². The first-order valence-corrected chi connectivity index (χ1v) is 12.4. The summed E-state index contributed by atoms with van der Waals surface area (Å²) >= 11 is 0. The van der Waals surface area contributed by atoms with Crippen LogP contribution in [0.1, 0.15) is 102 Å². The second-order valence-corrected chi connectivity index (χ2v) is 10.1. The number of ether oxygens (including phenoxy) is 4. The summed E-state index contributed by atoms with van der Waals surface area (Å²) < 4.78 is 18.5. The van der Waals surface area contributed by atoms with Gasteiger partial charge in [0.25, 0.3) is 0 Å². The molecule has 0 aliphatic carbocycles. The highest BCUT2D eigenvalue weighted by atomic mass is 16.5. The van der Waals surface area contributed by atoms with E-state index in [-0.39, 0.29) is 62.0 Å². The molecule has 1 rings (SSSR count). The Hall–Kier alpha value is -2.62. The monoisotopic (exact) mass is 548 g/mol. The van der Waals surface area contributed by atoms with Crippen molar-refractivity contribution in [2.75, 3.05) is 33.5 Å². The van der Waals surface area contributed by atoms with E-state index in [0.717, 1.165) is 13.2 Å². The number of methoxy groups -OCH3 is 1. The zero-order chi connectivity index (χ0) is 29.7. The molecule has 1 fully saturated rings. The molecule has 0 amide bonds. The molecule has 0 atom stereocenters. The first-order valence-electron chi connectivity index (χ1n) is 12.4. The van der Waals surface area contributed by atoms with Crippen LogP contribution in [0.4, 0.5) is 0 Å². The van der Waals surface area contributed by atoms with E-state index >= 15 is 0 Å². The second kappa shape index (κ2) is 23.5. The minimum Gasteiger partial charge on any atom is -0.469 e. The van der Waals surface area contributed by atoms with Gasteiger partial charge in [0.05, 0.1) is 32.2 Å². The number of hydrogen-bond donors (Lipinski definition) is 0. The van der Waals surface area contributed by atoms with E-state index in [4.69, 9.17) is 4.74 Å². The molecular weight excluding hydrogens is 496 g/mol. The van der Waals surface area contributed by atoms with E-state index in [1.54, 1.807) is 34.6 Å². The molecule has 0 radical (unpaired) electrons. The molecule has 1 heterocycles. The fraction of sp³-hybridized carbons (Fsp3) is 0.786. The summed E-state index contributed by atoms with van der Waals surface area (Å²) in [6.45, 7) is 18.0. The summed E-state index contributed by atoms with van der Waals surface area (Å²) in [4.78, 5) is 64.9. The fourth-order valence-corrected chi connectivity index (χ4v) is 2.11. The molecule has 10 heteroatoms. The molecule has 0 aromatic heterocycles. The van der Waals surface area contributed by atoms with Gasteiger partial charge in [-0.15, -0.1) is 0 Å². The summed E-state index contributed by atoms with van der Waals surface area (Å²) in [5.74, 6) is -1.87. The van der Waals surface area contributed by atoms with E-state index < -0.39 is 17.4 Å². The van der Waals surface area contributed by atoms with Gasteiger partial charge >= 0.3 is 17.9 Å². The Labute approximate surface area is 229 Å². The number of hydrogen-bond acceptors (Lipinski definition) is 10. The molecule has 0 N–H and O–H groups in total. The molecule has 0 bridgehead atoms. The fourth-order valence-electron chi connectivity index (χ4n) is 2.11. The lowest BCUT2D eigenvalue weighted by Gasteiger charge is -2.15. The molecule has 1 aliphatic heterocycles. The molecule has 1 aliphatic rings. The van der Waals surface area contributed by atoms with E-state index in [0.29, 0.717) is 6.61 Å². The Morgan fingerprint density at radius 2 is 1.13 bits per heavy atom. The summed E-state index contributed by atoms with van der Waals surface area (Å²) in [7, 11) is 1.40. The highest BCUT2D eigenvalue weighted by molar-refractivity contribution is 6.06. The van der Waals surface area contributed by atoms with E-state index in [2.05, 4.69) is 14.2 Å². The molecule has 0 unspecified atom stereocenters. The Morgan fingerprint density at radius 1 is 0.711 bits per heavy atom. The van der Waals surface area contributed by atoms with E-state index in [9.17, 15) is 28.8 Å². The predicted octanol–water partition coefficient (Wildman–Crippen LogP) is 4.68. The van der Waals surface area contributed by atoms with Gasteiger partial charge in [-0.25, -0.2) is 0 Å². The molecule has 10 nitrogen and oxygen atoms in total. The third-order valence-corrected chi connectivity index (χ3v) is 4.16.